The van der Waals surface area contributed by atoms with Crippen molar-refractivity contribution in [1.82, 2.24) is 0 Å². The molecule has 1 nitrogen and oxygen atoms in total. The summed E-state index contributed by atoms with van der Waals surface area (Å²) in [6.45, 7) is 4.60. The van der Waals surface area contributed by atoms with E-state index < -0.39 is 0 Å². The molecule has 5 rings (SSSR count). The summed E-state index contributed by atoms with van der Waals surface area (Å²) in [5.41, 5.74) is 2.50. The molecule has 0 heterocycles. The Hall–Kier alpha value is -3.32. The van der Waals surface area contributed by atoms with Crippen LogP contribution in [0.5, 0.6) is 0 Å². The monoisotopic (exact) mass is 417 g/mol. The van der Waals surface area contributed by atoms with E-state index in [0.29, 0.717) is 0 Å². The van der Waals surface area contributed by atoms with E-state index >= 15 is 0 Å². The highest BCUT2D eigenvalue weighted by molar-refractivity contribution is 6.26. The lowest BCUT2D eigenvalue weighted by Gasteiger charge is -2.38. The zero-order valence-corrected chi connectivity index (χ0v) is 19.1. The second kappa shape index (κ2) is 8.67. The fraction of sp³-hybridized carbons (Fsp3) is 0.226. The molecule has 5 aromatic rings. The summed E-state index contributed by atoms with van der Waals surface area (Å²) in [6.07, 6.45) is 4.44. The van der Waals surface area contributed by atoms with Gasteiger partial charge in [-0.25, -0.2) is 0 Å². The van der Waals surface area contributed by atoms with Crippen LogP contribution in [0.1, 0.15) is 45.1 Å². The van der Waals surface area contributed by atoms with Crippen LogP contribution in [0.4, 0.5) is 5.69 Å². The van der Waals surface area contributed by atoms with Crippen LogP contribution in [0.25, 0.3) is 32.3 Å². The molecular weight excluding hydrogens is 386 g/mol. The summed E-state index contributed by atoms with van der Waals surface area (Å²) in [4.78, 5) is 0. The lowest BCUT2D eigenvalue weighted by Crippen LogP contribution is -2.35. The molecule has 0 atom stereocenters. The van der Waals surface area contributed by atoms with Gasteiger partial charge in [0.05, 0.1) is 5.54 Å². The van der Waals surface area contributed by atoms with Crippen LogP contribution in [0.3, 0.4) is 0 Å². The molecular formula is C31H31N. The summed E-state index contributed by atoms with van der Waals surface area (Å²) >= 11 is 0. The first-order chi connectivity index (χ1) is 15.8. The third-order valence-electron chi connectivity index (χ3n) is 6.79. The third-order valence-corrected chi connectivity index (χ3v) is 6.79. The molecule has 0 bridgehead atoms. The van der Waals surface area contributed by atoms with Gasteiger partial charge in [0.15, 0.2) is 0 Å². The number of fused-ring (bicyclic) bond motifs is 6. The molecule has 0 aliphatic heterocycles. The molecule has 0 aliphatic carbocycles. The highest BCUT2D eigenvalue weighted by atomic mass is 15.0. The SMILES string of the molecule is CCCC(CCC)(Nc1ccccc1)c1cccc2c3ccccc3c3ccccc3c12. The van der Waals surface area contributed by atoms with Crippen molar-refractivity contribution in [2.75, 3.05) is 5.32 Å². The van der Waals surface area contributed by atoms with Crippen LogP contribution in [0.15, 0.2) is 97.1 Å². The van der Waals surface area contributed by atoms with Gasteiger partial charge in [-0.2, -0.15) is 0 Å². The molecule has 0 fully saturated rings. The number of anilines is 1. The number of benzene rings is 5. The number of nitrogens with one attached hydrogen (secondary N) is 1. The van der Waals surface area contributed by atoms with Crippen LogP contribution in [-0.4, -0.2) is 0 Å². The fourth-order valence-corrected chi connectivity index (χ4v) is 5.59. The minimum absolute atomic E-state index is 0.115. The first-order valence-electron chi connectivity index (χ1n) is 11.9. The van der Waals surface area contributed by atoms with E-state index in [1.807, 2.05) is 0 Å². The van der Waals surface area contributed by atoms with Crippen LogP contribution in [0.2, 0.25) is 0 Å². The van der Waals surface area contributed by atoms with Gasteiger partial charge in [-0.1, -0.05) is 112 Å². The first-order valence-corrected chi connectivity index (χ1v) is 11.9. The number of hydrogen-bond acceptors (Lipinski definition) is 1. The molecule has 0 spiro atoms. The van der Waals surface area contributed by atoms with E-state index in [9.17, 15) is 0 Å². The van der Waals surface area contributed by atoms with Crippen molar-refractivity contribution in [3.8, 4) is 0 Å². The standard InChI is InChI=1S/C31H31N/c1-3-21-31(22-4-2,32-23-13-6-5-7-14-23)29-20-12-19-28-26-16-9-8-15-24(26)25-17-10-11-18-27(25)30(28)29/h5-20,32H,3-4,21-22H2,1-2H3. The summed E-state index contributed by atoms with van der Waals surface area (Å²) < 4.78 is 0. The van der Waals surface area contributed by atoms with Gasteiger partial charge in [0, 0.05) is 5.69 Å². The predicted molar refractivity (Wildman–Crippen MR) is 141 cm³/mol. The summed E-state index contributed by atoms with van der Waals surface area (Å²) in [5.74, 6) is 0. The summed E-state index contributed by atoms with van der Waals surface area (Å²) in [5, 5.41) is 12.1. The number of hydrogen-bond donors (Lipinski definition) is 1. The van der Waals surface area contributed by atoms with Gasteiger partial charge in [-0.05, 0) is 62.9 Å². The molecule has 0 saturated heterocycles. The smallest absolute Gasteiger partial charge is 0.0631 e. The Morgan fingerprint density at radius 1 is 0.531 bits per heavy atom. The first kappa shape index (κ1) is 20.6. The average Bonchev–Trinajstić information content (AvgIpc) is 2.85. The maximum Gasteiger partial charge on any atom is 0.0631 e. The van der Waals surface area contributed by atoms with Crippen molar-refractivity contribution in [2.45, 2.75) is 45.1 Å². The molecule has 160 valence electrons. The number of para-hydroxylation sites is 1. The molecule has 0 saturated carbocycles. The molecule has 1 heteroatoms. The molecule has 0 amide bonds. The van der Waals surface area contributed by atoms with Gasteiger partial charge in [-0.3, -0.25) is 0 Å². The van der Waals surface area contributed by atoms with E-state index in [1.54, 1.807) is 0 Å². The van der Waals surface area contributed by atoms with Gasteiger partial charge in [0.2, 0.25) is 0 Å². The summed E-state index contributed by atoms with van der Waals surface area (Å²) in [6, 6.07) is 35.4. The Kier molecular flexibility index (Phi) is 5.57. The quantitative estimate of drug-likeness (QED) is 0.260. The topological polar surface area (TPSA) is 12.0 Å². The molecule has 1 N–H and O–H groups in total. The maximum absolute atomic E-state index is 4.02. The van der Waals surface area contributed by atoms with Crippen LogP contribution >= 0.6 is 0 Å². The predicted octanol–water partition coefficient (Wildman–Crippen LogP) is 9.05. The van der Waals surface area contributed by atoms with Gasteiger partial charge < -0.3 is 5.32 Å². The zero-order valence-electron chi connectivity index (χ0n) is 19.1. The third kappa shape index (κ3) is 3.42. The second-order valence-electron chi connectivity index (χ2n) is 8.89. The minimum Gasteiger partial charge on any atom is -0.376 e. The van der Waals surface area contributed by atoms with Crippen molar-refractivity contribution in [3.05, 3.63) is 103 Å². The fourth-order valence-electron chi connectivity index (χ4n) is 5.59. The Bertz CT molecular complexity index is 1320. The van der Waals surface area contributed by atoms with E-state index in [4.69, 9.17) is 0 Å². The van der Waals surface area contributed by atoms with E-state index in [0.717, 1.165) is 25.7 Å². The van der Waals surface area contributed by atoms with Crippen LogP contribution < -0.4 is 5.32 Å². The van der Waals surface area contributed by atoms with E-state index in [1.165, 1.54) is 43.6 Å². The molecule has 0 unspecified atom stereocenters. The van der Waals surface area contributed by atoms with Gasteiger partial charge >= 0.3 is 0 Å². The average molecular weight is 418 g/mol. The molecule has 0 radical (unpaired) electrons. The van der Waals surface area contributed by atoms with Crippen molar-refractivity contribution in [3.63, 3.8) is 0 Å². The van der Waals surface area contributed by atoms with Crippen molar-refractivity contribution in [1.29, 1.82) is 0 Å². The normalized spacial score (nSPS) is 11.9. The van der Waals surface area contributed by atoms with Gasteiger partial charge in [0.25, 0.3) is 0 Å². The molecule has 5 aromatic carbocycles. The lowest BCUT2D eigenvalue weighted by molar-refractivity contribution is 0.409. The lowest BCUT2D eigenvalue weighted by atomic mass is 9.77. The molecule has 32 heavy (non-hydrogen) atoms. The van der Waals surface area contributed by atoms with Crippen LogP contribution in [-0.2, 0) is 5.54 Å². The highest BCUT2D eigenvalue weighted by Crippen LogP contribution is 2.44. The minimum atomic E-state index is -0.115. The Balaban J connectivity index is 1.89. The molecule has 0 aliphatic rings. The largest absolute Gasteiger partial charge is 0.376 e. The van der Waals surface area contributed by atoms with E-state index in [-0.39, 0.29) is 5.54 Å². The zero-order chi connectivity index (χ0) is 22.0. The van der Waals surface area contributed by atoms with Gasteiger partial charge in [-0.15, -0.1) is 0 Å². The van der Waals surface area contributed by atoms with Crippen molar-refractivity contribution < 1.29 is 0 Å². The second-order valence-corrected chi connectivity index (χ2v) is 8.89. The van der Waals surface area contributed by atoms with Crippen LogP contribution in [0, 0.1) is 0 Å². The van der Waals surface area contributed by atoms with Crippen molar-refractivity contribution >= 4 is 38.0 Å². The molecule has 0 aromatic heterocycles. The summed E-state index contributed by atoms with van der Waals surface area (Å²) in [7, 11) is 0. The number of rotatable bonds is 7. The Labute approximate surface area is 191 Å². The Morgan fingerprint density at radius 3 is 1.56 bits per heavy atom. The maximum atomic E-state index is 4.02. The van der Waals surface area contributed by atoms with Crippen molar-refractivity contribution in [2.24, 2.45) is 0 Å². The Morgan fingerprint density at radius 2 is 1.00 bits per heavy atom. The van der Waals surface area contributed by atoms with Gasteiger partial charge in [0.1, 0.15) is 0 Å². The highest BCUT2D eigenvalue weighted by Gasteiger charge is 2.32. The van der Waals surface area contributed by atoms with E-state index in [2.05, 4.69) is 116 Å².